The van der Waals surface area contributed by atoms with Gasteiger partial charge in [-0.1, -0.05) is 25.7 Å². The van der Waals surface area contributed by atoms with Crippen molar-refractivity contribution in [1.82, 2.24) is 0 Å². The molecule has 2 aliphatic carbocycles. The molecule has 0 unspecified atom stereocenters. The van der Waals surface area contributed by atoms with Crippen molar-refractivity contribution in [2.45, 2.75) is 90.1 Å². The van der Waals surface area contributed by atoms with Crippen molar-refractivity contribution < 1.29 is 19.4 Å². The van der Waals surface area contributed by atoms with Gasteiger partial charge in [0.05, 0.1) is 17.8 Å². The number of ether oxygens (including phenoxy) is 2. The van der Waals surface area contributed by atoms with Gasteiger partial charge in [-0.15, -0.1) is 0 Å². The highest BCUT2D eigenvalue weighted by Crippen LogP contribution is 2.59. The van der Waals surface area contributed by atoms with Gasteiger partial charge in [-0.25, -0.2) is 0 Å². The van der Waals surface area contributed by atoms with Crippen LogP contribution >= 0.6 is 0 Å². The lowest BCUT2D eigenvalue weighted by Crippen LogP contribution is -2.38. The van der Waals surface area contributed by atoms with E-state index in [4.69, 9.17) is 9.47 Å². The van der Waals surface area contributed by atoms with Crippen molar-refractivity contribution in [3.63, 3.8) is 0 Å². The summed E-state index contributed by atoms with van der Waals surface area (Å²) in [7, 11) is 0. The Labute approximate surface area is 157 Å². The first-order valence-corrected chi connectivity index (χ1v) is 9.93. The fourth-order valence-corrected chi connectivity index (χ4v) is 5.41. The molecule has 7 atom stereocenters. The molecule has 1 heterocycles. The summed E-state index contributed by atoms with van der Waals surface area (Å²) in [6.45, 7) is 16.3. The summed E-state index contributed by atoms with van der Waals surface area (Å²) in [5.41, 5.74) is 1.73. The summed E-state index contributed by atoms with van der Waals surface area (Å²) in [4.78, 5) is 11.8. The fraction of sp³-hybridized carbons (Fsp3) is 0.773. The molecule has 3 aliphatic rings. The molecule has 0 bridgehead atoms. The minimum absolute atomic E-state index is 0.112. The molecule has 4 nitrogen and oxygen atoms in total. The van der Waals surface area contributed by atoms with Crippen LogP contribution in [0.25, 0.3) is 0 Å². The summed E-state index contributed by atoms with van der Waals surface area (Å²) in [6.07, 6.45) is 4.58. The van der Waals surface area contributed by atoms with Gasteiger partial charge in [-0.3, -0.25) is 4.79 Å². The summed E-state index contributed by atoms with van der Waals surface area (Å²) < 4.78 is 11.9. The van der Waals surface area contributed by atoms with Crippen LogP contribution in [0.1, 0.15) is 66.2 Å². The molecular formula is C22H34O4. The molecule has 3 rings (SSSR count). The molecule has 26 heavy (non-hydrogen) atoms. The van der Waals surface area contributed by atoms with Crippen LogP contribution in [0.2, 0.25) is 0 Å². The summed E-state index contributed by atoms with van der Waals surface area (Å²) in [5.74, 6) is 0.450. The monoisotopic (exact) mass is 362 g/mol. The quantitative estimate of drug-likeness (QED) is 0.455. The zero-order chi connectivity index (χ0) is 19.3. The molecule has 0 amide bonds. The van der Waals surface area contributed by atoms with E-state index in [2.05, 4.69) is 33.9 Å². The van der Waals surface area contributed by atoms with Gasteiger partial charge in [-0.2, -0.15) is 0 Å². The molecule has 1 saturated heterocycles. The zero-order valence-electron chi connectivity index (χ0n) is 16.7. The maximum absolute atomic E-state index is 11.8. The highest BCUT2D eigenvalue weighted by Gasteiger charge is 2.61. The molecule has 2 saturated carbocycles. The standard InChI is InChI=1S/C22H34O4/c1-13(2)16-11-19(25-15(4)23)21(5)12-20-22(6,26-20)10-9-18(24)14(3)7-8-17(16)21/h16-20,24H,1,3,7-12H2,2,4-6H3/t16-,17+,18+,19+,20+,21-,22+/m1/s1. The van der Waals surface area contributed by atoms with Crippen LogP contribution < -0.4 is 0 Å². The molecule has 4 heteroatoms. The Morgan fingerprint density at radius 3 is 2.62 bits per heavy atom. The number of allylic oxidation sites excluding steroid dienone is 1. The van der Waals surface area contributed by atoms with E-state index < -0.39 is 6.10 Å². The van der Waals surface area contributed by atoms with Gasteiger partial charge in [0.1, 0.15) is 6.10 Å². The lowest BCUT2D eigenvalue weighted by molar-refractivity contribution is -0.152. The highest BCUT2D eigenvalue weighted by molar-refractivity contribution is 5.66. The van der Waals surface area contributed by atoms with E-state index in [0.717, 1.165) is 43.3 Å². The molecular weight excluding hydrogens is 328 g/mol. The third-order valence-corrected chi connectivity index (χ3v) is 7.30. The Bertz CT molecular complexity index is 611. The highest BCUT2D eigenvalue weighted by atomic mass is 16.6. The Morgan fingerprint density at radius 1 is 1.31 bits per heavy atom. The Balaban J connectivity index is 1.94. The predicted molar refractivity (Wildman–Crippen MR) is 102 cm³/mol. The summed E-state index contributed by atoms with van der Waals surface area (Å²) in [5, 5.41) is 10.5. The van der Waals surface area contributed by atoms with Crippen LogP contribution in [-0.2, 0) is 14.3 Å². The number of hydrogen-bond donors (Lipinski definition) is 1. The first-order chi connectivity index (χ1) is 12.1. The van der Waals surface area contributed by atoms with Crippen LogP contribution in [0.5, 0.6) is 0 Å². The average molecular weight is 363 g/mol. The fourth-order valence-electron chi connectivity index (χ4n) is 5.41. The maximum atomic E-state index is 11.8. The number of esters is 1. The number of carbonyl (C=O) groups excluding carboxylic acids is 1. The molecule has 0 aromatic heterocycles. The van der Waals surface area contributed by atoms with E-state index in [1.54, 1.807) is 0 Å². The molecule has 3 fully saturated rings. The van der Waals surface area contributed by atoms with Crippen molar-refractivity contribution in [1.29, 1.82) is 0 Å². The van der Waals surface area contributed by atoms with Crippen molar-refractivity contribution in [2.24, 2.45) is 17.3 Å². The third kappa shape index (κ3) is 3.50. The van der Waals surface area contributed by atoms with E-state index in [1.165, 1.54) is 6.92 Å². The second-order valence-electron chi connectivity index (χ2n) is 9.27. The van der Waals surface area contributed by atoms with Gasteiger partial charge in [0.25, 0.3) is 0 Å². The Morgan fingerprint density at radius 2 is 2.00 bits per heavy atom. The molecule has 1 aliphatic heterocycles. The van der Waals surface area contributed by atoms with E-state index in [1.807, 2.05) is 0 Å². The van der Waals surface area contributed by atoms with E-state index in [9.17, 15) is 9.90 Å². The van der Waals surface area contributed by atoms with Gasteiger partial charge >= 0.3 is 5.97 Å². The minimum atomic E-state index is -0.463. The zero-order valence-corrected chi connectivity index (χ0v) is 16.7. The molecule has 146 valence electrons. The lowest BCUT2D eigenvalue weighted by Gasteiger charge is -2.38. The molecule has 0 aromatic carbocycles. The lowest BCUT2D eigenvalue weighted by atomic mass is 9.68. The van der Waals surface area contributed by atoms with E-state index in [0.29, 0.717) is 18.3 Å². The average Bonchev–Trinajstić information content (AvgIpc) is 3.09. The van der Waals surface area contributed by atoms with Crippen LogP contribution in [0, 0.1) is 17.3 Å². The number of fused-ring (bicyclic) bond motifs is 2. The van der Waals surface area contributed by atoms with Gasteiger partial charge in [0, 0.05) is 12.3 Å². The minimum Gasteiger partial charge on any atom is -0.462 e. The molecule has 1 N–H and O–H groups in total. The Hall–Kier alpha value is -1.13. The normalized spacial score (nSPS) is 45.9. The first kappa shape index (κ1) is 19.6. The SMILES string of the molecule is C=C(C)[C@H]1C[C@H](OC(C)=O)[C@]2(C)C[C@@H]3O[C@@]3(C)CC[C@H](O)C(=C)CC[C@@H]12. The van der Waals surface area contributed by atoms with Crippen LogP contribution in [-0.4, -0.2) is 35.0 Å². The molecule has 0 spiro atoms. The number of rotatable bonds is 2. The van der Waals surface area contributed by atoms with Crippen LogP contribution in [0.3, 0.4) is 0 Å². The van der Waals surface area contributed by atoms with Crippen molar-refractivity contribution >= 4 is 5.97 Å². The smallest absolute Gasteiger partial charge is 0.302 e. The van der Waals surface area contributed by atoms with Gasteiger partial charge < -0.3 is 14.6 Å². The van der Waals surface area contributed by atoms with Crippen molar-refractivity contribution in [3.05, 3.63) is 24.3 Å². The number of hydrogen-bond acceptors (Lipinski definition) is 4. The predicted octanol–water partition coefficient (Wildman–Crippen LogP) is 4.18. The van der Waals surface area contributed by atoms with Gasteiger partial charge in [0.2, 0.25) is 0 Å². The topological polar surface area (TPSA) is 59.1 Å². The number of aliphatic hydroxyl groups excluding tert-OH is 1. The van der Waals surface area contributed by atoms with Crippen molar-refractivity contribution in [3.8, 4) is 0 Å². The second-order valence-corrected chi connectivity index (χ2v) is 9.27. The van der Waals surface area contributed by atoms with Crippen LogP contribution in [0.4, 0.5) is 0 Å². The second kappa shape index (κ2) is 6.79. The maximum Gasteiger partial charge on any atom is 0.302 e. The van der Waals surface area contributed by atoms with Gasteiger partial charge in [-0.05, 0) is 69.8 Å². The third-order valence-electron chi connectivity index (χ3n) is 7.30. The first-order valence-electron chi connectivity index (χ1n) is 9.93. The number of carbonyl (C=O) groups is 1. The van der Waals surface area contributed by atoms with Gasteiger partial charge in [0.15, 0.2) is 0 Å². The summed E-state index contributed by atoms with van der Waals surface area (Å²) in [6, 6.07) is 0. The van der Waals surface area contributed by atoms with E-state index in [-0.39, 0.29) is 29.2 Å². The van der Waals surface area contributed by atoms with Crippen LogP contribution in [0.15, 0.2) is 24.3 Å². The molecule has 0 radical (unpaired) electrons. The summed E-state index contributed by atoms with van der Waals surface area (Å²) >= 11 is 0. The number of epoxide rings is 1. The van der Waals surface area contributed by atoms with Crippen molar-refractivity contribution in [2.75, 3.05) is 0 Å². The molecule has 0 aromatic rings. The largest absolute Gasteiger partial charge is 0.462 e. The number of aliphatic hydroxyl groups is 1. The van der Waals surface area contributed by atoms with E-state index >= 15 is 0 Å². The Kier molecular flexibility index (Phi) is 5.13.